The van der Waals surface area contributed by atoms with Crippen molar-refractivity contribution in [1.82, 2.24) is 15.5 Å². The largest absolute Gasteiger partial charge is 0.369 e. The first-order valence-electron chi connectivity index (χ1n) is 9.75. The van der Waals surface area contributed by atoms with Gasteiger partial charge in [-0.2, -0.15) is 0 Å². The highest BCUT2D eigenvalue weighted by atomic mass is 19.1. The molecular weight excluding hydrogens is 379 g/mol. The quantitative estimate of drug-likeness (QED) is 0.583. The number of benzene rings is 1. The summed E-state index contributed by atoms with van der Waals surface area (Å²) in [7, 11) is 0. The Kier molecular flexibility index (Phi) is 6.14. The Balaban J connectivity index is 1.55. The van der Waals surface area contributed by atoms with Crippen molar-refractivity contribution >= 4 is 23.8 Å². The summed E-state index contributed by atoms with van der Waals surface area (Å²) in [6.07, 6.45) is 4.13. The van der Waals surface area contributed by atoms with Gasteiger partial charge >= 0.3 is 6.03 Å². The van der Waals surface area contributed by atoms with Crippen LogP contribution >= 0.6 is 0 Å². The number of nitrogens with two attached hydrogens (primary N) is 1. The molecule has 1 aromatic rings. The summed E-state index contributed by atoms with van der Waals surface area (Å²) < 4.78 is 13.0. The van der Waals surface area contributed by atoms with Crippen LogP contribution in [0.1, 0.15) is 37.7 Å². The zero-order valence-corrected chi connectivity index (χ0v) is 16.1. The molecule has 1 aromatic carbocycles. The van der Waals surface area contributed by atoms with Gasteiger partial charge in [0, 0.05) is 6.54 Å². The van der Waals surface area contributed by atoms with Gasteiger partial charge in [0.05, 0.1) is 5.92 Å². The minimum absolute atomic E-state index is 0.0413. The lowest BCUT2D eigenvalue weighted by Crippen LogP contribution is -2.49. The molecule has 1 aliphatic carbocycles. The van der Waals surface area contributed by atoms with Crippen molar-refractivity contribution in [3.63, 3.8) is 0 Å². The predicted octanol–water partition coefficient (Wildman–Crippen LogP) is 0.841. The highest BCUT2D eigenvalue weighted by molar-refractivity contribution is 6.09. The molecule has 1 unspecified atom stereocenters. The molecule has 1 saturated heterocycles. The maximum absolute atomic E-state index is 13.0. The van der Waals surface area contributed by atoms with Gasteiger partial charge in [0.15, 0.2) is 0 Å². The average molecular weight is 404 g/mol. The minimum atomic E-state index is -0.881. The molecule has 0 bridgehead atoms. The van der Waals surface area contributed by atoms with E-state index in [4.69, 9.17) is 5.73 Å². The lowest BCUT2D eigenvalue weighted by atomic mass is 9.82. The molecule has 29 heavy (non-hydrogen) atoms. The molecule has 1 spiro atoms. The minimum Gasteiger partial charge on any atom is -0.369 e. The fourth-order valence-corrected chi connectivity index (χ4v) is 3.93. The van der Waals surface area contributed by atoms with Crippen molar-refractivity contribution in [2.75, 3.05) is 13.1 Å². The van der Waals surface area contributed by atoms with E-state index in [1.54, 1.807) is 12.1 Å². The number of halogens is 1. The molecule has 5 amide bonds. The van der Waals surface area contributed by atoms with Crippen LogP contribution in [0.15, 0.2) is 24.3 Å². The summed E-state index contributed by atoms with van der Waals surface area (Å²) >= 11 is 0. The molecule has 9 heteroatoms. The number of urea groups is 1. The highest BCUT2D eigenvalue weighted by Crippen LogP contribution is 2.33. The van der Waals surface area contributed by atoms with Crippen LogP contribution in [0.25, 0.3) is 0 Å². The van der Waals surface area contributed by atoms with E-state index in [0.29, 0.717) is 18.4 Å². The van der Waals surface area contributed by atoms with Crippen LogP contribution in [-0.2, 0) is 20.8 Å². The lowest BCUT2D eigenvalue weighted by molar-refractivity contribution is -0.136. The number of imide groups is 1. The Labute approximate surface area is 168 Å². The summed E-state index contributed by atoms with van der Waals surface area (Å²) in [5.74, 6) is -2.60. The van der Waals surface area contributed by atoms with Crippen LogP contribution in [0.3, 0.4) is 0 Å². The van der Waals surface area contributed by atoms with Crippen LogP contribution in [0.4, 0.5) is 9.18 Å². The third kappa shape index (κ3) is 4.72. The number of amides is 5. The van der Waals surface area contributed by atoms with Crippen LogP contribution < -0.4 is 16.4 Å². The fraction of sp³-hybridized carbons (Fsp3) is 0.500. The molecule has 2 aliphatic rings. The number of rotatable bonds is 7. The highest BCUT2D eigenvalue weighted by Gasteiger charge is 2.51. The van der Waals surface area contributed by atoms with E-state index in [2.05, 4.69) is 10.6 Å². The third-order valence-corrected chi connectivity index (χ3v) is 5.60. The van der Waals surface area contributed by atoms with Gasteiger partial charge in [0.25, 0.3) is 5.91 Å². The van der Waals surface area contributed by atoms with E-state index < -0.39 is 35.8 Å². The molecule has 1 heterocycles. The second-order valence-electron chi connectivity index (χ2n) is 7.70. The van der Waals surface area contributed by atoms with Crippen LogP contribution in [0.5, 0.6) is 0 Å². The van der Waals surface area contributed by atoms with Crippen molar-refractivity contribution in [3.8, 4) is 0 Å². The summed E-state index contributed by atoms with van der Waals surface area (Å²) in [5.41, 5.74) is 5.23. The van der Waals surface area contributed by atoms with Gasteiger partial charge in [-0.05, 0) is 37.0 Å². The van der Waals surface area contributed by atoms with Crippen LogP contribution in [0, 0.1) is 11.7 Å². The van der Waals surface area contributed by atoms with Gasteiger partial charge in [-0.1, -0.05) is 31.4 Å². The molecule has 0 aromatic heterocycles. The molecule has 4 N–H and O–H groups in total. The van der Waals surface area contributed by atoms with E-state index in [-0.39, 0.29) is 24.7 Å². The van der Waals surface area contributed by atoms with Crippen molar-refractivity contribution in [1.29, 1.82) is 0 Å². The molecule has 8 nitrogen and oxygen atoms in total. The summed E-state index contributed by atoms with van der Waals surface area (Å²) in [6, 6.07) is 5.09. The fourth-order valence-electron chi connectivity index (χ4n) is 3.93. The molecular formula is C20H25FN4O4. The maximum atomic E-state index is 13.0. The third-order valence-electron chi connectivity index (χ3n) is 5.60. The number of carbonyl (C=O) groups excluding carboxylic acids is 4. The smallest absolute Gasteiger partial charge is 0.325 e. The Bertz CT molecular complexity index is 805. The maximum Gasteiger partial charge on any atom is 0.325 e. The first-order valence-corrected chi connectivity index (χ1v) is 9.75. The summed E-state index contributed by atoms with van der Waals surface area (Å²) in [4.78, 5) is 49.9. The van der Waals surface area contributed by atoms with E-state index in [9.17, 15) is 23.6 Å². The topological polar surface area (TPSA) is 122 Å². The van der Waals surface area contributed by atoms with Gasteiger partial charge < -0.3 is 16.4 Å². The zero-order valence-electron chi connectivity index (χ0n) is 16.1. The van der Waals surface area contributed by atoms with Crippen molar-refractivity contribution in [2.45, 2.75) is 44.1 Å². The SMILES string of the molecule is NC(=O)C(CNC(=O)CN1C(=O)NC2(CCCCC2)C1=O)Cc1ccc(F)cc1. The molecule has 1 saturated carbocycles. The standard InChI is InChI=1S/C20H25FN4O4/c21-15-6-4-13(5-7-15)10-14(17(22)27)11-23-16(26)12-25-18(28)20(24-19(25)29)8-2-1-3-9-20/h4-7,14H,1-3,8-12H2,(H2,22,27)(H,23,26)(H,24,29). The van der Waals surface area contributed by atoms with Crippen molar-refractivity contribution < 1.29 is 23.6 Å². The van der Waals surface area contributed by atoms with E-state index >= 15 is 0 Å². The van der Waals surface area contributed by atoms with Gasteiger partial charge in [-0.15, -0.1) is 0 Å². The van der Waals surface area contributed by atoms with Crippen LogP contribution in [-0.4, -0.2) is 47.3 Å². The van der Waals surface area contributed by atoms with Gasteiger partial charge in [0.2, 0.25) is 11.8 Å². The Morgan fingerprint density at radius 1 is 1.17 bits per heavy atom. The van der Waals surface area contributed by atoms with Crippen LogP contribution in [0.2, 0.25) is 0 Å². The Hall–Kier alpha value is -2.97. The molecule has 0 radical (unpaired) electrons. The monoisotopic (exact) mass is 404 g/mol. The van der Waals surface area contributed by atoms with Gasteiger partial charge in [-0.25, -0.2) is 9.18 Å². The number of hydrogen-bond donors (Lipinski definition) is 3. The Morgan fingerprint density at radius 2 is 1.83 bits per heavy atom. The number of primary amides is 1. The van der Waals surface area contributed by atoms with Crippen molar-refractivity contribution in [2.24, 2.45) is 11.7 Å². The second-order valence-corrected chi connectivity index (χ2v) is 7.70. The van der Waals surface area contributed by atoms with E-state index in [0.717, 1.165) is 24.2 Å². The molecule has 1 aliphatic heterocycles. The number of hydrogen-bond acceptors (Lipinski definition) is 4. The molecule has 3 rings (SSSR count). The average Bonchev–Trinajstić information content (AvgIpc) is 2.91. The normalized spacial score (nSPS) is 19.1. The van der Waals surface area contributed by atoms with Crippen molar-refractivity contribution in [3.05, 3.63) is 35.6 Å². The summed E-state index contributed by atoms with van der Waals surface area (Å²) in [6.45, 7) is -0.450. The lowest BCUT2D eigenvalue weighted by Gasteiger charge is -2.30. The van der Waals surface area contributed by atoms with E-state index in [1.807, 2.05) is 0 Å². The first-order chi connectivity index (χ1) is 13.8. The number of carbonyl (C=O) groups is 4. The van der Waals surface area contributed by atoms with Gasteiger partial charge in [0.1, 0.15) is 17.9 Å². The van der Waals surface area contributed by atoms with E-state index in [1.165, 1.54) is 12.1 Å². The Morgan fingerprint density at radius 3 is 2.45 bits per heavy atom. The molecule has 1 atom stereocenters. The second kappa shape index (κ2) is 8.59. The van der Waals surface area contributed by atoms with Gasteiger partial charge in [-0.3, -0.25) is 19.3 Å². The molecule has 2 fully saturated rings. The predicted molar refractivity (Wildman–Crippen MR) is 102 cm³/mol. The number of nitrogens with zero attached hydrogens (tertiary/aromatic N) is 1. The summed E-state index contributed by atoms with van der Waals surface area (Å²) in [5, 5.41) is 5.31. The first kappa shape index (κ1) is 20.8. The zero-order chi connectivity index (χ0) is 21.0. The molecule has 156 valence electrons. The number of nitrogens with one attached hydrogen (secondary N) is 2.